The molecule has 0 spiro atoms. The molecular formula is C16H10Cl2. The van der Waals surface area contributed by atoms with Gasteiger partial charge in [-0.25, -0.2) is 0 Å². The second-order valence-electron chi connectivity index (χ2n) is 4.12. The van der Waals surface area contributed by atoms with Crippen molar-refractivity contribution in [2.75, 3.05) is 0 Å². The van der Waals surface area contributed by atoms with Gasteiger partial charge in [0.1, 0.15) is 0 Å². The zero-order valence-corrected chi connectivity index (χ0v) is 11.0. The van der Waals surface area contributed by atoms with Crippen LogP contribution in [0.5, 0.6) is 0 Å². The molecule has 0 bridgehead atoms. The number of benzene rings is 3. The molecule has 0 aromatic heterocycles. The van der Waals surface area contributed by atoms with Crippen molar-refractivity contribution < 1.29 is 0 Å². The van der Waals surface area contributed by atoms with E-state index >= 15 is 0 Å². The van der Waals surface area contributed by atoms with Crippen LogP contribution in [-0.2, 0) is 0 Å². The first kappa shape index (κ1) is 11.6. The molecule has 0 aliphatic heterocycles. The lowest BCUT2D eigenvalue weighted by Crippen LogP contribution is -1.84. The molecule has 3 rings (SSSR count). The largest absolute Gasteiger partial charge is 0.0837 e. The molecule has 0 N–H and O–H groups in total. The fraction of sp³-hybridized carbons (Fsp3) is 0. The van der Waals surface area contributed by atoms with Gasteiger partial charge < -0.3 is 0 Å². The van der Waals surface area contributed by atoms with E-state index in [2.05, 4.69) is 12.1 Å². The summed E-state index contributed by atoms with van der Waals surface area (Å²) in [7, 11) is 0. The van der Waals surface area contributed by atoms with Crippen LogP contribution < -0.4 is 0 Å². The Bertz CT molecular complexity index is 717. The quantitative estimate of drug-likeness (QED) is 0.524. The van der Waals surface area contributed by atoms with Crippen molar-refractivity contribution in [3.05, 3.63) is 70.7 Å². The van der Waals surface area contributed by atoms with Crippen molar-refractivity contribution in [3.63, 3.8) is 0 Å². The van der Waals surface area contributed by atoms with Crippen LogP contribution in [0.1, 0.15) is 0 Å². The van der Waals surface area contributed by atoms with Gasteiger partial charge in [-0.2, -0.15) is 0 Å². The average Bonchev–Trinajstić information content (AvgIpc) is 2.40. The Morgan fingerprint density at radius 3 is 2.17 bits per heavy atom. The minimum absolute atomic E-state index is 0.718. The summed E-state index contributed by atoms with van der Waals surface area (Å²) in [6.45, 7) is 0. The minimum Gasteiger partial charge on any atom is -0.0837 e. The Hall–Kier alpha value is -1.50. The lowest BCUT2D eigenvalue weighted by molar-refractivity contribution is 1.65. The molecule has 0 saturated heterocycles. The predicted octanol–water partition coefficient (Wildman–Crippen LogP) is 5.81. The van der Waals surface area contributed by atoms with E-state index in [9.17, 15) is 0 Å². The van der Waals surface area contributed by atoms with Gasteiger partial charge >= 0.3 is 0 Å². The summed E-state index contributed by atoms with van der Waals surface area (Å²) in [5, 5.41) is 3.73. The third-order valence-corrected chi connectivity index (χ3v) is 3.67. The van der Waals surface area contributed by atoms with Gasteiger partial charge in [-0.05, 0) is 22.9 Å². The van der Waals surface area contributed by atoms with E-state index in [1.807, 2.05) is 48.5 Å². The van der Waals surface area contributed by atoms with Gasteiger partial charge in [0.05, 0.1) is 0 Å². The molecule has 3 aromatic rings. The summed E-state index contributed by atoms with van der Waals surface area (Å²) in [5.41, 5.74) is 1.97. The van der Waals surface area contributed by atoms with E-state index in [1.165, 1.54) is 0 Å². The Kier molecular flexibility index (Phi) is 2.99. The molecular weight excluding hydrogens is 263 g/mol. The monoisotopic (exact) mass is 272 g/mol. The average molecular weight is 273 g/mol. The molecule has 0 heterocycles. The van der Waals surface area contributed by atoms with Crippen LogP contribution in [0.2, 0.25) is 10.0 Å². The first-order valence-electron chi connectivity index (χ1n) is 5.69. The van der Waals surface area contributed by atoms with Crippen molar-refractivity contribution in [2.45, 2.75) is 0 Å². The maximum absolute atomic E-state index is 6.35. The molecule has 0 aliphatic carbocycles. The van der Waals surface area contributed by atoms with Crippen LogP contribution in [-0.4, -0.2) is 0 Å². The normalized spacial score (nSPS) is 10.8. The van der Waals surface area contributed by atoms with Crippen LogP contribution in [0.25, 0.3) is 21.9 Å². The lowest BCUT2D eigenvalue weighted by Gasteiger charge is -2.10. The summed E-state index contributed by atoms with van der Waals surface area (Å²) in [6, 6.07) is 19.9. The molecule has 0 amide bonds. The van der Waals surface area contributed by atoms with Gasteiger partial charge in [-0.1, -0.05) is 71.7 Å². The van der Waals surface area contributed by atoms with Gasteiger partial charge in [-0.15, -0.1) is 0 Å². The highest BCUT2D eigenvalue weighted by molar-refractivity contribution is 6.38. The van der Waals surface area contributed by atoms with Crippen molar-refractivity contribution in [3.8, 4) is 11.1 Å². The van der Waals surface area contributed by atoms with Crippen molar-refractivity contribution in [1.82, 2.24) is 0 Å². The number of hydrogen-bond acceptors (Lipinski definition) is 0. The van der Waals surface area contributed by atoms with Crippen molar-refractivity contribution >= 4 is 34.0 Å². The minimum atomic E-state index is 0.718. The Balaban J connectivity index is 2.42. The molecule has 0 radical (unpaired) electrons. The Labute approximate surface area is 116 Å². The van der Waals surface area contributed by atoms with Crippen LogP contribution in [0.15, 0.2) is 60.7 Å². The number of hydrogen-bond donors (Lipinski definition) is 0. The maximum atomic E-state index is 6.35. The van der Waals surface area contributed by atoms with Crippen LogP contribution in [0, 0.1) is 0 Å². The molecule has 18 heavy (non-hydrogen) atoms. The molecule has 0 unspecified atom stereocenters. The Morgan fingerprint density at radius 2 is 1.33 bits per heavy atom. The first-order valence-corrected chi connectivity index (χ1v) is 6.45. The second kappa shape index (κ2) is 4.64. The SMILES string of the molecule is Clc1ccccc1-c1c(Cl)ccc2ccccc12. The van der Waals surface area contributed by atoms with E-state index in [-0.39, 0.29) is 0 Å². The fourth-order valence-corrected chi connectivity index (χ4v) is 2.68. The second-order valence-corrected chi connectivity index (χ2v) is 4.94. The first-order chi connectivity index (χ1) is 8.77. The van der Waals surface area contributed by atoms with Gasteiger partial charge in [0, 0.05) is 21.2 Å². The highest BCUT2D eigenvalue weighted by Gasteiger charge is 2.10. The molecule has 3 aromatic carbocycles. The van der Waals surface area contributed by atoms with Crippen LogP contribution in [0.4, 0.5) is 0 Å². The van der Waals surface area contributed by atoms with Crippen LogP contribution >= 0.6 is 23.2 Å². The van der Waals surface area contributed by atoms with E-state index in [4.69, 9.17) is 23.2 Å². The topological polar surface area (TPSA) is 0 Å². The third kappa shape index (κ3) is 1.88. The fourth-order valence-electron chi connectivity index (χ4n) is 2.18. The summed E-state index contributed by atoms with van der Waals surface area (Å²) in [4.78, 5) is 0. The summed E-state index contributed by atoms with van der Waals surface area (Å²) >= 11 is 12.6. The number of fused-ring (bicyclic) bond motifs is 1. The molecule has 88 valence electrons. The van der Waals surface area contributed by atoms with Gasteiger partial charge in [0.15, 0.2) is 0 Å². The Morgan fingerprint density at radius 1 is 0.611 bits per heavy atom. The van der Waals surface area contributed by atoms with E-state index in [0.29, 0.717) is 0 Å². The van der Waals surface area contributed by atoms with Crippen LogP contribution in [0.3, 0.4) is 0 Å². The van der Waals surface area contributed by atoms with Gasteiger partial charge in [0.25, 0.3) is 0 Å². The highest BCUT2D eigenvalue weighted by atomic mass is 35.5. The zero-order chi connectivity index (χ0) is 12.5. The highest BCUT2D eigenvalue weighted by Crippen LogP contribution is 2.38. The molecule has 0 saturated carbocycles. The van der Waals surface area contributed by atoms with Gasteiger partial charge in [0.2, 0.25) is 0 Å². The lowest BCUT2D eigenvalue weighted by atomic mass is 9.98. The number of halogens is 2. The predicted molar refractivity (Wildman–Crippen MR) is 79.4 cm³/mol. The van der Waals surface area contributed by atoms with Gasteiger partial charge in [-0.3, -0.25) is 0 Å². The number of rotatable bonds is 1. The molecule has 0 aliphatic rings. The molecule has 0 atom stereocenters. The molecule has 0 nitrogen and oxygen atoms in total. The third-order valence-electron chi connectivity index (χ3n) is 3.02. The van der Waals surface area contributed by atoms with Crippen molar-refractivity contribution in [2.24, 2.45) is 0 Å². The van der Waals surface area contributed by atoms with E-state index < -0.39 is 0 Å². The summed E-state index contributed by atoms with van der Waals surface area (Å²) < 4.78 is 0. The summed E-state index contributed by atoms with van der Waals surface area (Å²) in [6.07, 6.45) is 0. The molecule has 0 fully saturated rings. The van der Waals surface area contributed by atoms with Crippen molar-refractivity contribution in [1.29, 1.82) is 0 Å². The molecule has 2 heteroatoms. The standard InChI is InChI=1S/C16H10Cl2/c17-14-8-4-3-7-13(14)16-12-6-2-1-5-11(12)9-10-15(16)18/h1-10H. The zero-order valence-electron chi connectivity index (χ0n) is 9.53. The smallest absolute Gasteiger partial charge is 0.0491 e. The van der Waals surface area contributed by atoms with E-state index in [0.717, 1.165) is 31.9 Å². The maximum Gasteiger partial charge on any atom is 0.0491 e. The summed E-state index contributed by atoms with van der Waals surface area (Å²) in [5.74, 6) is 0. The van der Waals surface area contributed by atoms with E-state index in [1.54, 1.807) is 0 Å².